The third-order valence-corrected chi connectivity index (χ3v) is 5.17. The second-order valence-electron chi connectivity index (χ2n) is 5.57. The highest BCUT2D eigenvalue weighted by Crippen LogP contribution is 2.32. The number of methoxy groups -OCH3 is 1. The van der Waals surface area contributed by atoms with E-state index in [9.17, 15) is 0 Å². The monoisotopic (exact) mass is 283 g/mol. The second kappa shape index (κ2) is 6.68. The Bertz CT molecular complexity index is 397. The average Bonchev–Trinajstić information content (AvgIpc) is 2.82. The molecule has 2 N–H and O–H groups in total. The molecule has 0 aliphatic carbocycles. The fourth-order valence-corrected chi connectivity index (χ4v) is 3.66. The van der Waals surface area contributed by atoms with Gasteiger partial charge in [-0.2, -0.15) is 0 Å². The summed E-state index contributed by atoms with van der Waals surface area (Å²) in [4.78, 5) is 8.26. The van der Waals surface area contributed by atoms with Crippen LogP contribution >= 0.6 is 11.3 Å². The predicted molar refractivity (Wildman–Crippen MR) is 80.5 cm³/mol. The number of anilines is 1. The largest absolute Gasteiger partial charge is 0.378 e. The van der Waals surface area contributed by atoms with E-state index in [4.69, 9.17) is 15.5 Å². The zero-order valence-corrected chi connectivity index (χ0v) is 13.0. The van der Waals surface area contributed by atoms with Crippen LogP contribution in [-0.2, 0) is 17.9 Å². The quantitative estimate of drug-likeness (QED) is 0.902. The van der Waals surface area contributed by atoms with E-state index in [0.29, 0.717) is 13.2 Å². The van der Waals surface area contributed by atoms with Gasteiger partial charge in [-0.3, -0.25) is 0 Å². The lowest BCUT2D eigenvalue weighted by molar-refractivity contribution is 0.181. The van der Waals surface area contributed by atoms with Gasteiger partial charge in [-0.05, 0) is 24.7 Å². The van der Waals surface area contributed by atoms with Crippen molar-refractivity contribution in [2.24, 2.45) is 17.6 Å². The Morgan fingerprint density at radius 2 is 2.11 bits per heavy atom. The highest BCUT2D eigenvalue weighted by molar-refractivity contribution is 7.15. The van der Waals surface area contributed by atoms with Crippen LogP contribution in [0, 0.1) is 11.8 Å². The zero-order chi connectivity index (χ0) is 13.8. The Balaban J connectivity index is 2.03. The summed E-state index contributed by atoms with van der Waals surface area (Å²) in [7, 11) is 1.70. The van der Waals surface area contributed by atoms with Crippen molar-refractivity contribution in [1.29, 1.82) is 0 Å². The molecule has 0 saturated carbocycles. The molecule has 5 heteroatoms. The molecule has 0 amide bonds. The Hall–Kier alpha value is -0.650. The first-order valence-electron chi connectivity index (χ1n) is 7.08. The fourth-order valence-electron chi connectivity index (χ4n) is 2.67. The van der Waals surface area contributed by atoms with Crippen LogP contribution < -0.4 is 10.6 Å². The summed E-state index contributed by atoms with van der Waals surface area (Å²) in [6.45, 7) is 8.00. The SMILES string of the molecule is COCc1nc(N2CCC(C(C)C)CC2)sc1CN. The number of piperidine rings is 1. The standard InChI is InChI=1S/C14H25N3OS/c1-10(2)11-4-6-17(7-5-11)14-16-12(9-18-3)13(8-15)19-14/h10-11H,4-9,15H2,1-3H3. The molecule has 0 atom stereocenters. The van der Waals surface area contributed by atoms with Crippen molar-refractivity contribution >= 4 is 16.5 Å². The van der Waals surface area contributed by atoms with E-state index in [1.165, 1.54) is 12.8 Å². The van der Waals surface area contributed by atoms with Gasteiger partial charge < -0.3 is 15.4 Å². The van der Waals surface area contributed by atoms with E-state index < -0.39 is 0 Å². The van der Waals surface area contributed by atoms with Crippen LogP contribution in [0.15, 0.2) is 0 Å². The molecule has 4 nitrogen and oxygen atoms in total. The van der Waals surface area contributed by atoms with Gasteiger partial charge in [0.2, 0.25) is 0 Å². The Labute approximate surface area is 120 Å². The summed E-state index contributed by atoms with van der Waals surface area (Å²) >= 11 is 1.73. The van der Waals surface area contributed by atoms with Crippen LogP contribution in [0.4, 0.5) is 5.13 Å². The van der Waals surface area contributed by atoms with Crippen molar-refractivity contribution in [1.82, 2.24) is 4.98 Å². The summed E-state index contributed by atoms with van der Waals surface area (Å²) in [5, 5.41) is 1.12. The van der Waals surface area contributed by atoms with Gasteiger partial charge in [0, 0.05) is 31.6 Å². The second-order valence-corrected chi connectivity index (χ2v) is 6.63. The third kappa shape index (κ3) is 3.46. The maximum absolute atomic E-state index is 5.78. The molecular weight excluding hydrogens is 258 g/mol. The van der Waals surface area contributed by atoms with Gasteiger partial charge in [-0.1, -0.05) is 13.8 Å². The molecule has 2 heterocycles. The van der Waals surface area contributed by atoms with Crippen LogP contribution in [-0.4, -0.2) is 25.2 Å². The molecule has 0 spiro atoms. The topological polar surface area (TPSA) is 51.4 Å². The molecule has 1 aliphatic rings. The van der Waals surface area contributed by atoms with Crippen LogP contribution in [0.1, 0.15) is 37.3 Å². The summed E-state index contributed by atoms with van der Waals surface area (Å²) in [6, 6.07) is 0. The normalized spacial score (nSPS) is 17.4. The van der Waals surface area contributed by atoms with Crippen molar-refractivity contribution in [3.8, 4) is 0 Å². The van der Waals surface area contributed by atoms with E-state index in [1.54, 1.807) is 18.4 Å². The average molecular weight is 283 g/mol. The number of hydrogen-bond donors (Lipinski definition) is 1. The summed E-state index contributed by atoms with van der Waals surface area (Å²) in [5.41, 5.74) is 6.79. The first-order valence-corrected chi connectivity index (χ1v) is 7.89. The van der Waals surface area contributed by atoms with Crippen molar-refractivity contribution in [3.05, 3.63) is 10.6 Å². The molecule has 108 valence electrons. The molecule has 0 unspecified atom stereocenters. The van der Waals surface area contributed by atoms with E-state index >= 15 is 0 Å². The molecule has 0 radical (unpaired) electrons. The molecule has 1 aliphatic heterocycles. The molecule has 0 bridgehead atoms. The molecule has 2 rings (SSSR count). The van der Waals surface area contributed by atoms with Crippen LogP contribution in [0.3, 0.4) is 0 Å². The molecule has 1 aromatic heterocycles. The number of rotatable bonds is 5. The molecule has 1 fully saturated rings. The highest BCUT2D eigenvalue weighted by atomic mass is 32.1. The van der Waals surface area contributed by atoms with Crippen LogP contribution in [0.5, 0.6) is 0 Å². The van der Waals surface area contributed by atoms with Gasteiger partial charge in [-0.15, -0.1) is 11.3 Å². The molecule has 1 saturated heterocycles. The van der Waals surface area contributed by atoms with Gasteiger partial charge in [0.25, 0.3) is 0 Å². The number of hydrogen-bond acceptors (Lipinski definition) is 5. The summed E-state index contributed by atoms with van der Waals surface area (Å²) in [6.07, 6.45) is 2.55. The summed E-state index contributed by atoms with van der Waals surface area (Å²) in [5.74, 6) is 1.66. The minimum atomic E-state index is 0.554. The Morgan fingerprint density at radius 1 is 1.42 bits per heavy atom. The lowest BCUT2D eigenvalue weighted by Crippen LogP contribution is -2.35. The highest BCUT2D eigenvalue weighted by Gasteiger charge is 2.24. The van der Waals surface area contributed by atoms with E-state index in [0.717, 1.165) is 40.6 Å². The third-order valence-electron chi connectivity index (χ3n) is 3.99. The summed E-state index contributed by atoms with van der Waals surface area (Å²) < 4.78 is 5.19. The van der Waals surface area contributed by atoms with E-state index in [-0.39, 0.29) is 0 Å². The zero-order valence-electron chi connectivity index (χ0n) is 12.2. The fraction of sp³-hybridized carbons (Fsp3) is 0.786. The number of nitrogens with two attached hydrogens (primary N) is 1. The number of nitrogens with zero attached hydrogens (tertiary/aromatic N) is 2. The number of aromatic nitrogens is 1. The van der Waals surface area contributed by atoms with Crippen molar-refractivity contribution in [3.63, 3.8) is 0 Å². The van der Waals surface area contributed by atoms with Gasteiger partial charge >= 0.3 is 0 Å². The van der Waals surface area contributed by atoms with Crippen LogP contribution in [0.2, 0.25) is 0 Å². The number of ether oxygens (including phenoxy) is 1. The minimum Gasteiger partial charge on any atom is -0.378 e. The smallest absolute Gasteiger partial charge is 0.185 e. The van der Waals surface area contributed by atoms with Gasteiger partial charge in [0.1, 0.15) is 0 Å². The van der Waals surface area contributed by atoms with Gasteiger partial charge in [0.05, 0.1) is 12.3 Å². The van der Waals surface area contributed by atoms with E-state index in [2.05, 4.69) is 18.7 Å². The van der Waals surface area contributed by atoms with Crippen molar-refractivity contribution in [2.75, 3.05) is 25.1 Å². The van der Waals surface area contributed by atoms with E-state index in [1.807, 2.05) is 0 Å². The first-order chi connectivity index (χ1) is 9.15. The maximum atomic E-state index is 5.78. The van der Waals surface area contributed by atoms with Gasteiger partial charge in [-0.25, -0.2) is 4.98 Å². The molecule has 0 aromatic carbocycles. The Kier molecular flexibility index (Phi) is 5.19. The van der Waals surface area contributed by atoms with Gasteiger partial charge in [0.15, 0.2) is 5.13 Å². The van der Waals surface area contributed by atoms with Crippen LogP contribution in [0.25, 0.3) is 0 Å². The van der Waals surface area contributed by atoms with Crippen molar-refractivity contribution < 1.29 is 4.74 Å². The molecular formula is C14H25N3OS. The molecule has 19 heavy (non-hydrogen) atoms. The lowest BCUT2D eigenvalue weighted by Gasteiger charge is -2.33. The maximum Gasteiger partial charge on any atom is 0.185 e. The minimum absolute atomic E-state index is 0.554. The molecule has 1 aromatic rings. The first kappa shape index (κ1) is 14.8. The number of thiazole rings is 1. The Morgan fingerprint density at radius 3 is 2.63 bits per heavy atom. The predicted octanol–water partition coefficient (Wildman–Crippen LogP) is 2.62. The lowest BCUT2D eigenvalue weighted by atomic mass is 9.87. The van der Waals surface area contributed by atoms with Crippen molar-refractivity contribution in [2.45, 2.75) is 39.8 Å².